The van der Waals surface area contributed by atoms with E-state index in [1.165, 1.54) is 0 Å². The van der Waals surface area contributed by atoms with Crippen LogP contribution in [0.5, 0.6) is 5.75 Å². The molecule has 0 heterocycles. The molecule has 1 aromatic carbocycles. The summed E-state index contributed by atoms with van der Waals surface area (Å²) in [6.07, 6.45) is 0. The summed E-state index contributed by atoms with van der Waals surface area (Å²) in [7, 11) is -3.92. The average Bonchev–Trinajstić information content (AvgIpc) is 1.94. The Labute approximate surface area is 77.6 Å². The SMILES string of the molecule is Cc1ccc(C)c(OS(N)(=O)=O)c1. The van der Waals surface area contributed by atoms with Crippen molar-refractivity contribution < 1.29 is 12.6 Å². The minimum absolute atomic E-state index is 0.280. The standard InChI is InChI=1S/C8H11NO3S/c1-6-3-4-7(2)8(5-6)12-13(9,10)11/h3-5H,1-2H3,(H2,9,10,11). The quantitative estimate of drug-likeness (QED) is 0.772. The Morgan fingerprint density at radius 3 is 2.46 bits per heavy atom. The minimum atomic E-state index is -3.92. The number of aryl methyl sites for hydroxylation is 2. The molecule has 0 aromatic heterocycles. The van der Waals surface area contributed by atoms with Crippen molar-refractivity contribution in [2.24, 2.45) is 5.14 Å². The molecule has 0 spiro atoms. The summed E-state index contributed by atoms with van der Waals surface area (Å²) in [5.74, 6) is 0.280. The van der Waals surface area contributed by atoms with Crippen LogP contribution in [0, 0.1) is 13.8 Å². The van der Waals surface area contributed by atoms with Crippen LogP contribution in [0.3, 0.4) is 0 Å². The molecule has 13 heavy (non-hydrogen) atoms. The Hall–Kier alpha value is -1.07. The predicted octanol–water partition coefficient (Wildman–Crippen LogP) is 0.886. The zero-order valence-electron chi connectivity index (χ0n) is 7.44. The molecule has 0 atom stereocenters. The molecule has 0 radical (unpaired) electrons. The molecule has 0 amide bonds. The van der Waals surface area contributed by atoms with Gasteiger partial charge in [-0.25, -0.2) is 0 Å². The summed E-state index contributed by atoms with van der Waals surface area (Å²) in [4.78, 5) is 0. The van der Waals surface area contributed by atoms with Gasteiger partial charge in [0.1, 0.15) is 5.75 Å². The second-order valence-corrected chi connectivity index (χ2v) is 4.00. The Kier molecular flexibility index (Phi) is 2.58. The van der Waals surface area contributed by atoms with E-state index < -0.39 is 10.3 Å². The van der Waals surface area contributed by atoms with Gasteiger partial charge in [0, 0.05) is 0 Å². The smallest absolute Gasteiger partial charge is 0.371 e. The van der Waals surface area contributed by atoms with E-state index in [-0.39, 0.29) is 5.75 Å². The third kappa shape index (κ3) is 3.04. The number of nitrogens with two attached hydrogens (primary N) is 1. The van der Waals surface area contributed by atoms with Crippen LogP contribution in [0.1, 0.15) is 11.1 Å². The fourth-order valence-corrected chi connectivity index (χ4v) is 1.35. The fraction of sp³-hybridized carbons (Fsp3) is 0.250. The lowest BCUT2D eigenvalue weighted by atomic mass is 10.1. The molecule has 0 fully saturated rings. The van der Waals surface area contributed by atoms with E-state index in [1.54, 1.807) is 19.1 Å². The lowest BCUT2D eigenvalue weighted by Crippen LogP contribution is -2.19. The first kappa shape index (κ1) is 10.0. The van der Waals surface area contributed by atoms with Gasteiger partial charge in [0.15, 0.2) is 0 Å². The maximum absolute atomic E-state index is 10.6. The highest BCUT2D eigenvalue weighted by molar-refractivity contribution is 7.84. The highest BCUT2D eigenvalue weighted by atomic mass is 32.2. The summed E-state index contributed by atoms with van der Waals surface area (Å²) in [5.41, 5.74) is 1.66. The molecule has 1 aromatic rings. The predicted molar refractivity (Wildman–Crippen MR) is 49.7 cm³/mol. The molecule has 0 saturated heterocycles. The molecule has 0 aliphatic carbocycles. The molecule has 0 bridgehead atoms. The van der Waals surface area contributed by atoms with Gasteiger partial charge >= 0.3 is 10.3 Å². The zero-order valence-corrected chi connectivity index (χ0v) is 8.26. The molecule has 0 aliphatic rings. The van der Waals surface area contributed by atoms with Gasteiger partial charge < -0.3 is 4.18 Å². The van der Waals surface area contributed by atoms with Gasteiger partial charge in [-0.05, 0) is 31.0 Å². The van der Waals surface area contributed by atoms with Crippen molar-refractivity contribution in [2.75, 3.05) is 0 Å². The van der Waals surface area contributed by atoms with Crippen LogP contribution in [0.25, 0.3) is 0 Å². The highest BCUT2D eigenvalue weighted by Gasteiger charge is 2.07. The van der Waals surface area contributed by atoms with Crippen molar-refractivity contribution in [1.29, 1.82) is 0 Å². The molecule has 0 saturated carbocycles. The first-order valence-electron chi connectivity index (χ1n) is 3.68. The van der Waals surface area contributed by atoms with E-state index in [1.807, 2.05) is 13.0 Å². The van der Waals surface area contributed by atoms with E-state index in [2.05, 4.69) is 4.18 Å². The summed E-state index contributed by atoms with van der Waals surface area (Å²) in [5, 5.41) is 4.74. The second-order valence-electron chi connectivity index (χ2n) is 2.85. The largest absolute Gasteiger partial charge is 0.380 e. The molecular formula is C8H11NO3S. The maximum Gasteiger partial charge on any atom is 0.380 e. The number of rotatable bonds is 2. The van der Waals surface area contributed by atoms with Gasteiger partial charge in [-0.3, -0.25) is 0 Å². The molecule has 2 N–H and O–H groups in total. The van der Waals surface area contributed by atoms with Crippen molar-refractivity contribution in [3.63, 3.8) is 0 Å². The van der Waals surface area contributed by atoms with Crippen molar-refractivity contribution in [2.45, 2.75) is 13.8 Å². The topological polar surface area (TPSA) is 69.4 Å². The Bertz CT molecular complexity index is 411. The van der Waals surface area contributed by atoms with Gasteiger partial charge in [0.05, 0.1) is 0 Å². The van der Waals surface area contributed by atoms with E-state index in [0.717, 1.165) is 11.1 Å². The van der Waals surface area contributed by atoms with E-state index >= 15 is 0 Å². The number of hydrogen-bond donors (Lipinski definition) is 1. The molecule has 1 rings (SSSR count). The first-order chi connectivity index (χ1) is 5.88. The third-order valence-corrected chi connectivity index (χ3v) is 1.96. The number of benzene rings is 1. The van der Waals surface area contributed by atoms with E-state index in [0.29, 0.717) is 0 Å². The molecule has 5 heteroatoms. The summed E-state index contributed by atoms with van der Waals surface area (Å²) in [6, 6.07) is 5.26. The van der Waals surface area contributed by atoms with E-state index in [9.17, 15) is 8.42 Å². The van der Waals surface area contributed by atoms with Crippen LogP contribution in [0.2, 0.25) is 0 Å². The summed E-state index contributed by atoms with van der Waals surface area (Å²) < 4.78 is 25.8. The van der Waals surface area contributed by atoms with Crippen LogP contribution in [-0.2, 0) is 10.3 Å². The van der Waals surface area contributed by atoms with Crippen molar-refractivity contribution >= 4 is 10.3 Å². The van der Waals surface area contributed by atoms with E-state index in [4.69, 9.17) is 5.14 Å². The lowest BCUT2D eigenvalue weighted by Gasteiger charge is -2.06. The first-order valence-corrected chi connectivity index (χ1v) is 5.15. The van der Waals surface area contributed by atoms with Crippen LogP contribution < -0.4 is 9.32 Å². The monoisotopic (exact) mass is 201 g/mol. The van der Waals surface area contributed by atoms with Crippen LogP contribution in [0.4, 0.5) is 0 Å². The van der Waals surface area contributed by atoms with Crippen LogP contribution in [-0.4, -0.2) is 8.42 Å². The van der Waals surface area contributed by atoms with Crippen molar-refractivity contribution in [3.8, 4) is 5.75 Å². The van der Waals surface area contributed by atoms with Gasteiger partial charge in [-0.2, -0.15) is 13.6 Å². The maximum atomic E-state index is 10.6. The van der Waals surface area contributed by atoms with Crippen LogP contribution >= 0.6 is 0 Å². The lowest BCUT2D eigenvalue weighted by molar-refractivity contribution is 0.485. The van der Waals surface area contributed by atoms with Gasteiger partial charge in [-0.1, -0.05) is 12.1 Å². The zero-order chi connectivity index (χ0) is 10.1. The van der Waals surface area contributed by atoms with Gasteiger partial charge in [0.2, 0.25) is 0 Å². The molecule has 72 valence electrons. The molecule has 0 aliphatic heterocycles. The fourth-order valence-electron chi connectivity index (χ4n) is 0.922. The highest BCUT2D eigenvalue weighted by Crippen LogP contribution is 2.19. The Morgan fingerprint density at radius 2 is 1.92 bits per heavy atom. The molecule has 4 nitrogen and oxygen atoms in total. The van der Waals surface area contributed by atoms with Crippen LogP contribution in [0.15, 0.2) is 18.2 Å². The minimum Gasteiger partial charge on any atom is -0.371 e. The summed E-state index contributed by atoms with van der Waals surface area (Å²) in [6.45, 7) is 3.59. The van der Waals surface area contributed by atoms with Crippen molar-refractivity contribution in [1.82, 2.24) is 0 Å². The normalized spacial score (nSPS) is 11.3. The average molecular weight is 201 g/mol. The summed E-state index contributed by atoms with van der Waals surface area (Å²) >= 11 is 0. The Balaban J connectivity index is 3.08. The van der Waals surface area contributed by atoms with Crippen molar-refractivity contribution in [3.05, 3.63) is 29.3 Å². The molecule has 0 unspecified atom stereocenters. The Morgan fingerprint density at radius 1 is 1.31 bits per heavy atom. The van der Waals surface area contributed by atoms with Gasteiger partial charge in [0.25, 0.3) is 0 Å². The third-order valence-electron chi connectivity index (χ3n) is 1.55. The molecular weight excluding hydrogens is 190 g/mol. The van der Waals surface area contributed by atoms with Gasteiger partial charge in [-0.15, -0.1) is 0 Å². The second kappa shape index (κ2) is 3.35. The number of hydrogen-bond acceptors (Lipinski definition) is 3.